The highest BCUT2D eigenvalue weighted by Gasteiger charge is 2.53. The molecule has 0 saturated carbocycles. The van der Waals surface area contributed by atoms with E-state index in [1.165, 1.54) is 7.11 Å². The molecule has 2 fully saturated rings. The fourth-order valence-electron chi connectivity index (χ4n) is 8.30. The van der Waals surface area contributed by atoms with Crippen molar-refractivity contribution in [2.24, 2.45) is 17.8 Å². The third kappa shape index (κ3) is 14.6. The van der Waals surface area contributed by atoms with Crippen LogP contribution in [0.15, 0.2) is 24.3 Å². The molecule has 0 bridgehead atoms. The summed E-state index contributed by atoms with van der Waals surface area (Å²) in [5.41, 5.74) is -0.720. The highest BCUT2D eigenvalue weighted by molar-refractivity contribution is 5.72. The Morgan fingerprint density at radius 1 is 1.03 bits per heavy atom. The summed E-state index contributed by atoms with van der Waals surface area (Å²) in [6.07, 6.45) is -0.932. The first kappa shape index (κ1) is 51.0. The van der Waals surface area contributed by atoms with E-state index in [1.54, 1.807) is 39.2 Å². The molecule has 3 aliphatic rings. The number of carbonyl (C=O) groups is 3. The number of hydrogen-bond acceptors (Lipinski definition) is 15. The molecule has 3 heterocycles. The SMILES string of the molecule is CCC(=O)O[C@@H]1CC(=O)O[C@H](C)C/C=C/C=C/[C@H](O)[C@H](C)C[C@H](CC=O)[C@H](O[C@H]2O[C@@H](C)[C@H](O[C@@H]3C[C@](C)(OC)[C@H](OCCC(C)C)[C@@H](C)O3)[C@@H](N(C)C)[C@@H]2O)[C@H]1OC. The van der Waals surface area contributed by atoms with E-state index in [0.717, 1.165) is 12.7 Å². The van der Waals surface area contributed by atoms with E-state index in [4.69, 9.17) is 42.6 Å². The van der Waals surface area contributed by atoms with Gasteiger partial charge < -0.3 is 62.5 Å². The third-order valence-electron chi connectivity index (χ3n) is 11.8. The minimum absolute atomic E-state index is 0.0226. The maximum absolute atomic E-state index is 13.4. The van der Waals surface area contributed by atoms with Gasteiger partial charge in [-0.3, -0.25) is 9.59 Å². The highest BCUT2D eigenvalue weighted by Crippen LogP contribution is 2.39. The summed E-state index contributed by atoms with van der Waals surface area (Å²) in [5.74, 6) is -1.75. The summed E-state index contributed by atoms with van der Waals surface area (Å²) in [4.78, 5) is 40.4. The predicted octanol–water partition coefficient (Wildman–Crippen LogP) is 4.53. The molecule has 0 aromatic heterocycles. The Bertz CT molecular complexity index is 1340. The first-order valence-corrected chi connectivity index (χ1v) is 21.4. The van der Waals surface area contributed by atoms with Crippen molar-refractivity contribution < 1.29 is 67.2 Å². The van der Waals surface area contributed by atoms with Crippen molar-refractivity contribution in [3.63, 3.8) is 0 Å². The summed E-state index contributed by atoms with van der Waals surface area (Å²) < 4.78 is 56.2. The van der Waals surface area contributed by atoms with Gasteiger partial charge in [0.1, 0.15) is 42.9 Å². The molecular weight excluding hydrogens is 766 g/mol. The van der Waals surface area contributed by atoms with E-state index >= 15 is 0 Å². The van der Waals surface area contributed by atoms with Gasteiger partial charge in [0.05, 0.1) is 42.5 Å². The van der Waals surface area contributed by atoms with E-state index in [0.29, 0.717) is 25.4 Å². The van der Waals surface area contributed by atoms with Crippen molar-refractivity contribution in [3.8, 4) is 0 Å². The normalized spacial score (nSPS) is 40.3. The number of cyclic esters (lactones) is 1. The fourth-order valence-corrected chi connectivity index (χ4v) is 8.30. The number of esters is 2. The molecule has 0 aromatic rings. The van der Waals surface area contributed by atoms with Crippen LogP contribution in [0, 0.1) is 17.8 Å². The number of aliphatic hydroxyl groups is 2. The number of nitrogens with zero attached hydrogens (tertiary/aromatic N) is 1. The molecule has 2 saturated heterocycles. The minimum Gasteiger partial charge on any atom is -0.462 e. The van der Waals surface area contributed by atoms with Crippen molar-refractivity contribution in [2.75, 3.05) is 34.9 Å². The highest BCUT2D eigenvalue weighted by atomic mass is 16.7. The van der Waals surface area contributed by atoms with Gasteiger partial charge in [0.2, 0.25) is 0 Å². The second-order valence-electron chi connectivity index (χ2n) is 17.3. The van der Waals surface area contributed by atoms with Gasteiger partial charge >= 0.3 is 11.9 Å². The number of allylic oxidation sites excluding steroid dienone is 2. The largest absolute Gasteiger partial charge is 0.462 e. The average molecular weight is 842 g/mol. The van der Waals surface area contributed by atoms with Gasteiger partial charge in [0, 0.05) is 46.5 Å². The van der Waals surface area contributed by atoms with Crippen LogP contribution in [0.5, 0.6) is 0 Å². The quantitative estimate of drug-likeness (QED) is 0.174. The summed E-state index contributed by atoms with van der Waals surface area (Å²) in [6.45, 7) is 15.8. The molecule has 0 amide bonds. The fraction of sp³-hybridized carbons (Fsp3) is 0.841. The first-order chi connectivity index (χ1) is 27.9. The van der Waals surface area contributed by atoms with Crippen LogP contribution in [0.25, 0.3) is 0 Å². The number of rotatable bonds is 15. The van der Waals surface area contributed by atoms with E-state index in [2.05, 4.69) is 13.8 Å². The smallest absolute Gasteiger partial charge is 0.309 e. The molecule has 340 valence electrons. The van der Waals surface area contributed by atoms with Gasteiger partial charge in [-0.05, 0) is 72.4 Å². The molecule has 0 aromatic carbocycles. The molecule has 15 heteroatoms. The number of aliphatic hydroxyl groups excluding tert-OH is 2. The lowest BCUT2D eigenvalue weighted by molar-refractivity contribution is -0.347. The molecule has 2 N–H and O–H groups in total. The summed E-state index contributed by atoms with van der Waals surface area (Å²) >= 11 is 0. The summed E-state index contributed by atoms with van der Waals surface area (Å²) in [5, 5.41) is 23.3. The minimum atomic E-state index is -1.32. The van der Waals surface area contributed by atoms with E-state index in [1.807, 2.05) is 52.8 Å². The zero-order valence-electron chi connectivity index (χ0n) is 37.5. The van der Waals surface area contributed by atoms with Crippen molar-refractivity contribution in [1.82, 2.24) is 4.90 Å². The number of ether oxygens (including phenoxy) is 9. The Morgan fingerprint density at radius 3 is 2.36 bits per heavy atom. The number of hydrogen-bond donors (Lipinski definition) is 2. The summed E-state index contributed by atoms with van der Waals surface area (Å²) in [7, 11) is 6.69. The molecule has 0 unspecified atom stereocenters. The average Bonchev–Trinajstić information content (AvgIpc) is 3.16. The maximum Gasteiger partial charge on any atom is 0.309 e. The Labute approximate surface area is 352 Å². The van der Waals surface area contributed by atoms with Crippen LogP contribution in [0.1, 0.15) is 100 Å². The molecule has 15 nitrogen and oxygen atoms in total. The van der Waals surface area contributed by atoms with Crippen LogP contribution < -0.4 is 0 Å². The molecule has 0 radical (unpaired) electrons. The molecule has 0 aliphatic carbocycles. The van der Waals surface area contributed by atoms with Crippen LogP contribution in [0.2, 0.25) is 0 Å². The van der Waals surface area contributed by atoms with Gasteiger partial charge in [0.25, 0.3) is 0 Å². The topological polar surface area (TPSA) is 178 Å². The number of likely N-dealkylation sites (N-methyl/N-ethyl adjacent to an activating group) is 1. The van der Waals surface area contributed by atoms with Gasteiger partial charge in [-0.15, -0.1) is 0 Å². The lowest BCUT2D eigenvalue weighted by Crippen LogP contribution is -2.66. The van der Waals surface area contributed by atoms with Crippen molar-refractivity contribution in [3.05, 3.63) is 24.3 Å². The lowest BCUT2D eigenvalue weighted by Gasteiger charge is -2.51. The van der Waals surface area contributed by atoms with Crippen LogP contribution >= 0.6 is 0 Å². The molecule has 0 spiro atoms. The molecule has 59 heavy (non-hydrogen) atoms. The van der Waals surface area contributed by atoms with Crippen molar-refractivity contribution >= 4 is 18.2 Å². The molecular formula is C44H75NO14. The second kappa shape index (κ2) is 24.4. The Morgan fingerprint density at radius 2 is 1.75 bits per heavy atom. The Kier molecular flexibility index (Phi) is 21.1. The van der Waals surface area contributed by atoms with Crippen molar-refractivity contribution in [1.29, 1.82) is 0 Å². The van der Waals surface area contributed by atoms with E-state index in [9.17, 15) is 24.6 Å². The monoisotopic (exact) mass is 842 g/mol. The van der Waals surface area contributed by atoms with Gasteiger partial charge in [0.15, 0.2) is 12.6 Å². The first-order valence-electron chi connectivity index (χ1n) is 21.4. The molecule has 3 rings (SSSR count). The van der Waals surface area contributed by atoms with E-state index in [-0.39, 0.29) is 43.8 Å². The second-order valence-corrected chi connectivity index (χ2v) is 17.3. The molecule has 3 aliphatic heterocycles. The van der Waals surface area contributed by atoms with Gasteiger partial charge in [-0.25, -0.2) is 0 Å². The maximum atomic E-state index is 13.4. The van der Waals surface area contributed by atoms with Crippen LogP contribution in [0.4, 0.5) is 0 Å². The number of carbonyl (C=O) groups excluding carboxylic acids is 3. The Balaban J connectivity index is 2.00. The zero-order valence-corrected chi connectivity index (χ0v) is 37.5. The summed E-state index contributed by atoms with van der Waals surface area (Å²) in [6, 6.07) is -0.683. The van der Waals surface area contributed by atoms with Gasteiger partial charge in [-0.2, -0.15) is 0 Å². The zero-order chi connectivity index (χ0) is 44.0. The standard InChI is InChI=1S/C44H75NO14/c1-13-34(48)57-33-24-35(49)54-28(5)17-15-14-16-18-32(47)27(4)23-31(19-21-46)40(41(33)51-11)59-43-38(50)37(45(9)10)39(29(6)56-43)58-36-25-44(8,52-12)42(30(7)55-36)53-22-20-26(2)3/h14-16,18,21,26-33,36-43,47,50H,13,17,19-20,22-25H2,1-12H3/b15-14+,18-16+/t27-,28-,29+,30-,31+,32+,33-,36-,37+,38+,39+,40+,41+,42-,43-,44+/m1/s1. The predicted molar refractivity (Wildman–Crippen MR) is 219 cm³/mol. The number of methoxy groups -OCH3 is 2. The lowest BCUT2D eigenvalue weighted by atomic mass is 9.82. The van der Waals surface area contributed by atoms with Crippen LogP contribution in [-0.2, 0) is 57.0 Å². The van der Waals surface area contributed by atoms with Gasteiger partial charge in [-0.1, -0.05) is 52.0 Å². The third-order valence-corrected chi connectivity index (χ3v) is 11.8. The molecule has 16 atom stereocenters. The van der Waals surface area contributed by atoms with Crippen LogP contribution in [-0.4, -0.2) is 154 Å². The Hall–Kier alpha value is -2.31. The van der Waals surface area contributed by atoms with E-state index < -0.39 is 90.9 Å². The number of aldehydes is 1. The van der Waals surface area contributed by atoms with Crippen LogP contribution in [0.3, 0.4) is 0 Å². The van der Waals surface area contributed by atoms with Crippen molar-refractivity contribution in [2.45, 2.75) is 186 Å².